The number of fused-ring (bicyclic) bond motifs is 1. The molecule has 84 valence electrons. The van der Waals surface area contributed by atoms with E-state index in [2.05, 4.69) is 29.0 Å². The first-order valence-corrected chi connectivity index (χ1v) is 7.12. The Morgan fingerprint density at radius 1 is 1.56 bits per heavy atom. The van der Waals surface area contributed by atoms with Gasteiger partial charge in [0.15, 0.2) is 17.0 Å². The van der Waals surface area contributed by atoms with E-state index in [9.17, 15) is 4.79 Å². The highest BCUT2D eigenvalue weighted by Crippen LogP contribution is 2.26. The molecule has 0 radical (unpaired) electrons. The summed E-state index contributed by atoms with van der Waals surface area (Å²) in [5, 5.41) is 11.7. The molecule has 0 aromatic carbocycles. The van der Waals surface area contributed by atoms with Crippen LogP contribution in [0.25, 0.3) is 11.2 Å². The van der Waals surface area contributed by atoms with Crippen LogP contribution in [0.3, 0.4) is 0 Å². The molecule has 9 heteroatoms. The van der Waals surface area contributed by atoms with Crippen LogP contribution in [0.4, 0.5) is 5.82 Å². The second-order valence-electron chi connectivity index (χ2n) is 2.93. The first-order chi connectivity index (χ1) is 7.72. The van der Waals surface area contributed by atoms with E-state index < -0.39 is 5.97 Å². The highest BCUT2D eigenvalue weighted by atomic mass is 32.0. The number of nitrogens with one attached hydrogen (secondary N) is 1. The van der Waals surface area contributed by atoms with E-state index >= 15 is 0 Å². The molecule has 2 aromatic rings. The molecule has 0 bridgehead atoms. The quantitative estimate of drug-likeness (QED) is 0.783. The normalized spacial score (nSPS) is 11.3. The molecular weight excluding hydrogens is 248 g/mol. The van der Waals surface area contributed by atoms with Crippen LogP contribution in [0.1, 0.15) is 0 Å². The summed E-state index contributed by atoms with van der Waals surface area (Å²) in [5.74, 6) is -0.317. The molecule has 0 amide bonds. The zero-order valence-corrected chi connectivity index (χ0v) is 10.2. The van der Waals surface area contributed by atoms with Gasteiger partial charge in [0.2, 0.25) is 0 Å². The third-order valence-electron chi connectivity index (χ3n) is 1.90. The van der Waals surface area contributed by atoms with Crippen LogP contribution in [0.2, 0.25) is 0 Å². The number of hydrogen-bond acceptors (Lipinski definition) is 5. The van der Waals surface area contributed by atoms with Gasteiger partial charge in [-0.2, -0.15) is 0 Å². The van der Waals surface area contributed by atoms with Crippen molar-refractivity contribution in [2.24, 2.45) is 0 Å². The second-order valence-corrected chi connectivity index (χ2v) is 4.33. The van der Waals surface area contributed by atoms with E-state index in [0.29, 0.717) is 25.4 Å². The van der Waals surface area contributed by atoms with Gasteiger partial charge in [-0.05, 0) is 8.42 Å². The predicted molar refractivity (Wildman–Crippen MR) is 64.6 cm³/mol. The molecule has 0 fully saturated rings. The maximum Gasteiger partial charge on any atom is 0.323 e. The molecule has 7 nitrogen and oxygen atoms in total. The average Bonchev–Trinajstić information content (AvgIpc) is 2.63. The molecular formula is C7H9N5O2P2. The Labute approximate surface area is 94.6 Å². The summed E-state index contributed by atoms with van der Waals surface area (Å²) in [4.78, 5) is 22.8. The van der Waals surface area contributed by atoms with Crippen LogP contribution in [-0.4, -0.2) is 30.6 Å². The van der Waals surface area contributed by atoms with Crippen LogP contribution in [0.5, 0.6) is 0 Å². The number of imidazole rings is 1. The molecule has 2 heterocycles. The molecule has 0 saturated carbocycles. The molecule has 0 saturated heterocycles. The zero-order chi connectivity index (χ0) is 11.5. The third-order valence-corrected chi connectivity index (χ3v) is 2.71. The summed E-state index contributed by atoms with van der Waals surface area (Å²) >= 11 is 0. The van der Waals surface area contributed by atoms with E-state index in [-0.39, 0.29) is 6.54 Å². The van der Waals surface area contributed by atoms with Gasteiger partial charge in [0.05, 0.1) is 6.33 Å². The van der Waals surface area contributed by atoms with E-state index in [0.717, 1.165) is 0 Å². The van der Waals surface area contributed by atoms with Gasteiger partial charge in [-0.3, -0.25) is 4.79 Å². The van der Waals surface area contributed by atoms with Crippen LogP contribution in [0.15, 0.2) is 12.7 Å². The monoisotopic (exact) mass is 257 g/mol. The maximum absolute atomic E-state index is 10.6. The van der Waals surface area contributed by atoms with Gasteiger partial charge in [0, 0.05) is 0 Å². The Balaban J connectivity index is 2.48. The molecule has 2 rings (SSSR count). The number of carbonyl (C=O) groups is 1. The number of aromatic nitrogens is 4. The van der Waals surface area contributed by atoms with E-state index in [1.807, 2.05) is 0 Å². The number of aliphatic carboxylic acids is 1. The van der Waals surface area contributed by atoms with Crippen molar-refractivity contribution >= 4 is 40.3 Å². The number of anilines is 1. The summed E-state index contributed by atoms with van der Waals surface area (Å²) < 4.78 is 1.47. The fourth-order valence-electron chi connectivity index (χ4n) is 1.30. The van der Waals surface area contributed by atoms with Crippen LogP contribution < -0.4 is 5.09 Å². The van der Waals surface area contributed by atoms with Crippen molar-refractivity contribution in [2.75, 3.05) is 5.09 Å². The van der Waals surface area contributed by atoms with Crippen molar-refractivity contribution in [3.05, 3.63) is 12.7 Å². The minimum absolute atomic E-state index is 0.157. The summed E-state index contributed by atoms with van der Waals surface area (Å²) in [7, 11) is 2.95. The SMILES string of the molecule is O=C(O)Cn1cnc2c(NPP)ncnc21. The standard InChI is InChI=1S/C7H9N5O2P2/c13-4(14)1-12-3-10-5-6(11-16-15)8-2-9-7(5)12/h2-3,16H,1,15H2,(H,13,14)(H,8,9,11). The van der Waals surface area contributed by atoms with E-state index in [1.54, 1.807) is 0 Å². The summed E-state index contributed by atoms with van der Waals surface area (Å²) in [6.07, 6.45) is 2.83. The molecule has 2 atom stereocenters. The highest BCUT2D eigenvalue weighted by molar-refractivity contribution is 8.03. The lowest BCUT2D eigenvalue weighted by molar-refractivity contribution is -0.137. The van der Waals surface area contributed by atoms with Crippen LogP contribution >= 0.6 is 17.3 Å². The van der Waals surface area contributed by atoms with Crippen LogP contribution in [-0.2, 0) is 11.3 Å². The molecule has 16 heavy (non-hydrogen) atoms. The Morgan fingerprint density at radius 3 is 3.06 bits per heavy atom. The Kier molecular flexibility index (Phi) is 3.27. The topological polar surface area (TPSA) is 92.9 Å². The van der Waals surface area contributed by atoms with Gasteiger partial charge >= 0.3 is 5.97 Å². The van der Waals surface area contributed by atoms with Crippen LogP contribution in [0, 0.1) is 0 Å². The van der Waals surface area contributed by atoms with E-state index in [1.165, 1.54) is 17.2 Å². The van der Waals surface area contributed by atoms with Crippen molar-refractivity contribution < 1.29 is 9.90 Å². The Bertz CT molecular complexity index is 528. The fraction of sp³-hybridized carbons (Fsp3) is 0.143. The molecule has 0 aliphatic carbocycles. The summed E-state index contributed by atoms with van der Waals surface area (Å²) in [6.45, 7) is -0.157. The molecule has 0 aliphatic heterocycles. The molecule has 0 aliphatic rings. The lowest BCUT2D eigenvalue weighted by Gasteiger charge is -2.02. The number of carboxylic acids is 1. The van der Waals surface area contributed by atoms with Crippen molar-refractivity contribution in [1.29, 1.82) is 0 Å². The Hall–Kier alpha value is -1.32. The molecule has 2 unspecified atom stereocenters. The van der Waals surface area contributed by atoms with Gasteiger partial charge in [-0.25, -0.2) is 15.0 Å². The van der Waals surface area contributed by atoms with Gasteiger partial charge in [-0.1, -0.05) is 8.93 Å². The maximum atomic E-state index is 10.6. The highest BCUT2D eigenvalue weighted by Gasteiger charge is 2.10. The molecule has 2 aromatic heterocycles. The molecule has 2 N–H and O–H groups in total. The van der Waals surface area contributed by atoms with Gasteiger partial charge in [0.25, 0.3) is 0 Å². The average molecular weight is 257 g/mol. The first-order valence-electron chi connectivity index (χ1n) is 4.31. The zero-order valence-electron chi connectivity index (χ0n) is 8.08. The number of rotatable bonds is 4. The van der Waals surface area contributed by atoms with Crippen molar-refractivity contribution in [3.8, 4) is 0 Å². The lowest BCUT2D eigenvalue weighted by atomic mass is 10.5. The largest absolute Gasteiger partial charge is 0.480 e. The van der Waals surface area contributed by atoms with Gasteiger partial charge in [0.1, 0.15) is 12.9 Å². The second kappa shape index (κ2) is 4.68. The minimum Gasteiger partial charge on any atom is -0.480 e. The van der Waals surface area contributed by atoms with Gasteiger partial charge < -0.3 is 14.8 Å². The predicted octanol–water partition coefficient (Wildman–Crippen LogP) is 0.706. The van der Waals surface area contributed by atoms with Crippen molar-refractivity contribution in [2.45, 2.75) is 6.54 Å². The Morgan fingerprint density at radius 2 is 2.38 bits per heavy atom. The smallest absolute Gasteiger partial charge is 0.323 e. The van der Waals surface area contributed by atoms with Gasteiger partial charge in [-0.15, -0.1) is 0 Å². The van der Waals surface area contributed by atoms with Crippen molar-refractivity contribution in [3.63, 3.8) is 0 Å². The van der Waals surface area contributed by atoms with Crippen molar-refractivity contribution in [1.82, 2.24) is 19.5 Å². The fourth-order valence-corrected chi connectivity index (χ4v) is 2.03. The lowest BCUT2D eigenvalue weighted by Crippen LogP contribution is -2.08. The first kappa shape index (κ1) is 11.2. The van der Waals surface area contributed by atoms with E-state index in [4.69, 9.17) is 5.11 Å². The molecule has 0 spiro atoms. The third kappa shape index (κ3) is 2.10. The summed E-state index contributed by atoms with van der Waals surface area (Å²) in [5.41, 5.74) is 1.10. The minimum atomic E-state index is -0.930. The summed E-state index contributed by atoms with van der Waals surface area (Å²) in [6, 6.07) is 0. The number of hydrogen-bond donors (Lipinski definition) is 2. The number of carboxylic acid groups (broad SMARTS) is 1. The number of nitrogens with zero attached hydrogens (tertiary/aromatic N) is 4.